The van der Waals surface area contributed by atoms with E-state index in [0.717, 1.165) is 0 Å². The van der Waals surface area contributed by atoms with Crippen molar-refractivity contribution in [3.05, 3.63) is 0 Å². The second-order valence-electron chi connectivity index (χ2n) is 0.707. The SMILES string of the molecule is CC.CC.CCC.[HH]. The van der Waals surface area contributed by atoms with Crippen LogP contribution in [0.25, 0.3) is 0 Å². The van der Waals surface area contributed by atoms with Crippen molar-refractivity contribution in [2.45, 2.75) is 48.0 Å². The summed E-state index contributed by atoms with van der Waals surface area (Å²) in [5.41, 5.74) is 0. The molecule has 0 saturated heterocycles. The number of rotatable bonds is 0. The minimum Gasteiger partial charge on any atom is -0.0683 e. The maximum absolute atomic E-state index is 2.12. The predicted molar refractivity (Wildman–Crippen MR) is 40.8 cm³/mol. The van der Waals surface area contributed by atoms with E-state index in [1.54, 1.807) is 0 Å². The second-order valence-corrected chi connectivity index (χ2v) is 0.707. The molecule has 0 heteroatoms. The van der Waals surface area contributed by atoms with E-state index in [1.807, 2.05) is 27.7 Å². The molecule has 7 heavy (non-hydrogen) atoms. The Labute approximate surface area is 50.4 Å². The molecule has 0 radical (unpaired) electrons. The maximum atomic E-state index is 2.12. The van der Waals surface area contributed by atoms with Gasteiger partial charge in [0.15, 0.2) is 0 Å². The first-order valence-corrected chi connectivity index (χ1v) is 3.41. The van der Waals surface area contributed by atoms with Gasteiger partial charge in [0.05, 0.1) is 0 Å². The van der Waals surface area contributed by atoms with Gasteiger partial charge in [-0.1, -0.05) is 48.0 Å². The van der Waals surface area contributed by atoms with Crippen LogP contribution < -0.4 is 0 Å². The van der Waals surface area contributed by atoms with E-state index in [0.29, 0.717) is 0 Å². The topological polar surface area (TPSA) is 0 Å². The first-order chi connectivity index (χ1) is 3.41. The molecule has 0 aliphatic heterocycles. The molecule has 0 atom stereocenters. The fourth-order valence-electron chi connectivity index (χ4n) is 0. The highest BCUT2D eigenvalue weighted by atomic mass is 13.4. The summed E-state index contributed by atoms with van der Waals surface area (Å²) in [5.74, 6) is 0. The number of hydrogen-bond donors (Lipinski definition) is 0. The molecule has 0 nitrogen and oxygen atoms in total. The Bertz CT molecular complexity index is 4.35. The van der Waals surface area contributed by atoms with Gasteiger partial charge in [-0.2, -0.15) is 0 Å². The molecular formula is C7H22. The normalized spacial score (nSPS) is 4.29. The van der Waals surface area contributed by atoms with Crippen molar-refractivity contribution >= 4 is 0 Å². The van der Waals surface area contributed by atoms with Crippen molar-refractivity contribution < 1.29 is 1.43 Å². The zero-order chi connectivity index (χ0) is 6.71. The zero-order valence-electron chi connectivity index (χ0n) is 6.71. The van der Waals surface area contributed by atoms with Crippen LogP contribution in [-0.4, -0.2) is 0 Å². The summed E-state index contributed by atoms with van der Waals surface area (Å²) in [6, 6.07) is 0. The van der Waals surface area contributed by atoms with Crippen LogP contribution in [0.4, 0.5) is 0 Å². The van der Waals surface area contributed by atoms with E-state index >= 15 is 0 Å². The van der Waals surface area contributed by atoms with Crippen LogP contribution in [0.5, 0.6) is 0 Å². The Kier molecular flexibility index (Phi) is 338. The molecule has 0 aromatic rings. The van der Waals surface area contributed by atoms with Gasteiger partial charge in [-0.05, 0) is 0 Å². The minimum absolute atomic E-state index is 0. The van der Waals surface area contributed by atoms with Crippen molar-refractivity contribution in [2.75, 3.05) is 0 Å². The van der Waals surface area contributed by atoms with E-state index in [2.05, 4.69) is 13.8 Å². The van der Waals surface area contributed by atoms with E-state index in [1.165, 1.54) is 6.42 Å². The Hall–Kier alpha value is 0. The Morgan fingerprint density at radius 1 is 0.857 bits per heavy atom. The van der Waals surface area contributed by atoms with Crippen LogP contribution in [0.15, 0.2) is 0 Å². The lowest BCUT2D eigenvalue weighted by molar-refractivity contribution is 1.09. The zero-order valence-corrected chi connectivity index (χ0v) is 6.71. The minimum atomic E-state index is 0. The molecule has 0 aliphatic rings. The standard InChI is InChI=1S/C3H8.2C2H6.H2/c1-3-2;2*1-2;/h3H2,1-2H3;2*1-2H3;1H. The smallest absolute Gasteiger partial charge is 0 e. The van der Waals surface area contributed by atoms with Crippen molar-refractivity contribution in [3.8, 4) is 0 Å². The first kappa shape index (κ1) is 15.8. The van der Waals surface area contributed by atoms with Gasteiger partial charge in [-0.15, -0.1) is 0 Å². The van der Waals surface area contributed by atoms with Gasteiger partial charge >= 0.3 is 0 Å². The van der Waals surface area contributed by atoms with E-state index in [9.17, 15) is 0 Å². The summed E-state index contributed by atoms with van der Waals surface area (Å²) >= 11 is 0. The van der Waals surface area contributed by atoms with E-state index in [4.69, 9.17) is 0 Å². The molecule has 50 valence electrons. The third-order valence-corrected chi connectivity index (χ3v) is 0. The van der Waals surface area contributed by atoms with E-state index < -0.39 is 0 Å². The average Bonchev–Trinajstić information content (AvgIpc) is 1.78. The Morgan fingerprint density at radius 2 is 0.857 bits per heavy atom. The average molecular weight is 106 g/mol. The van der Waals surface area contributed by atoms with Gasteiger partial charge < -0.3 is 0 Å². The van der Waals surface area contributed by atoms with Gasteiger partial charge in [-0.3, -0.25) is 0 Å². The number of hydrogen-bond acceptors (Lipinski definition) is 0. The van der Waals surface area contributed by atoms with Gasteiger partial charge in [0, 0.05) is 1.43 Å². The van der Waals surface area contributed by atoms with Crippen molar-refractivity contribution in [3.63, 3.8) is 0 Å². The molecule has 0 unspecified atom stereocenters. The third-order valence-electron chi connectivity index (χ3n) is 0. The molecule has 0 aromatic heterocycles. The van der Waals surface area contributed by atoms with Gasteiger partial charge in [0.1, 0.15) is 0 Å². The van der Waals surface area contributed by atoms with Gasteiger partial charge in [0.25, 0.3) is 0 Å². The van der Waals surface area contributed by atoms with Gasteiger partial charge in [0.2, 0.25) is 0 Å². The first-order valence-electron chi connectivity index (χ1n) is 3.41. The highest BCUT2D eigenvalue weighted by Crippen LogP contribution is 1.56. The van der Waals surface area contributed by atoms with Crippen LogP contribution in [-0.2, 0) is 0 Å². The summed E-state index contributed by atoms with van der Waals surface area (Å²) in [6.45, 7) is 12.2. The predicted octanol–water partition coefficient (Wildman–Crippen LogP) is 3.71. The molecule has 0 saturated carbocycles. The second kappa shape index (κ2) is 150. The summed E-state index contributed by atoms with van der Waals surface area (Å²) in [4.78, 5) is 0. The van der Waals surface area contributed by atoms with Crippen LogP contribution in [0.3, 0.4) is 0 Å². The van der Waals surface area contributed by atoms with Crippen LogP contribution in [0.2, 0.25) is 0 Å². The molecule has 0 fully saturated rings. The molecular weight excluding hydrogens is 84.1 g/mol. The fraction of sp³-hybridized carbons (Fsp3) is 1.00. The molecule has 0 heterocycles. The molecule has 0 spiro atoms. The molecule has 0 rings (SSSR count). The fourth-order valence-corrected chi connectivity index (χ4v) is 0. The van der Waals surface area contributed by atoms with Crippen molar-refractivity contribution in [1.82, 2.24) is 0 Å². The van der Waals surface area contributed by atoms with Crippen molar-refractivity contribution in [2.24, 2.45) is 0 Å². The molecule has 0 aliphatic carbocycles. The Morgan fingerprint density at radius 3 is 0.857 bits per heavy atom. The van der Waals surface area contributed by atoms with Crippen LogP contribution >= 0.6 is 0 Å². The maximum Gasteiger partial charge on any atom is 0 e. The Balaban J connectivity index is -0.0000000147. The van der Waals surface area contributed by atoms with Gasteiger partial charge in [-0.25, -0.2) is 0 Å². The van der Waals surface area contributed by atoms with Crippen LogP contribution in [0.1, 0.15) is 49.4 Å². The monoisotopic (exact) mass is 106 g/mol. The lowest BCUT2D eigenvalue weighted by atomic mass is 10.6. The quantitative estimate of drug-likeness (QED) is 0.441. The third kappa shape index (κ3) is 0. The lowest BCUT2D eigenvalue weighted by Gasteiger charge is -1.48. The molecule has 0 N–H and O–H groups in total. The molecule has 0 amide bonds. The molecule has 0 bridgehead atoms. The summed E-state index contributed by atoms with van der Waals surface area (Å²) in [7, 11) is 0. The van der Waals surface area contributed by atoms with Crippen LogP contribution in [0, 0.1) is 0 Å². The largest absolute Gasteiger partial charge is 0.0683 e. The highest BCUT2D eigenvalue weighted by Gasteiger charge is 1.35. The summed E-state index contributed by atoms with van der Waals surface area (Å²) in [6.07, 6.45) is 1.25. The van der Waals surface area contributed by atoms with E-state index in [-0.39, 0.29) is 1.43 Å². The summed E-state index contributed by atoms with van der Waals surface area (Å²) in [5, 5.41) is 0. The molecule has 0 aromatic carbocycles. The lowest BCUT2D eigenvalue weighted by Crippen LogP contribution is -1.27. The highest BCUT2D eigenvalue weighted by molar-refractivity contribution is 3.92. The van der Waals surface area contributed by atoms with Crippen molar-refractivity contribution in [1.29, 1.82) is 0 Å². The summed E-state index contributed by atoms with van der Waals surface area (Å²) < 4.78 is 0.